The van der Waals surface area contributed by atoms with Crippen LogP contribution in [0, 0.1) is 0 Å². The molecule has 6 heteroatoms. The van der Waals surface area contributed by atoms with E-state index in [1.54, 1.807) is 32.4 Å². The molecule has 5 nitrogen and oxygen atoms in total. The van der Waals surface area contributed by atoms with Crippen LogP contribution < -0.4 is 14.9 Å². The van der Waals surface area contributed by atoms with Crippen LogP contribution in [0.5, 0.6) is 17.2 Å². The molecule has 0 fully saturated rings. The molecule has 2 N–H and O–H groups in total. The molecule has 1 heterocycles. The molecule has 3 rings (SSSR count). The molecule has 0 saturated carbocycles. The van der Waals surface area contributed by atoms with Crippen molar-refractivity contribution in [2.45, 2.75) is 12.5 Å². The van der Waals surface area contributed by atoms with Crippen LogP contribution in [0.1, 0.15) is 23.6 Å². The molecular formula is C17H17ClN2O3. The number of aromatic hydroxyl groups is 1. The van der Waals surface area contributed by atoms with Gasteiger partial charge in [-0.25, -0.2) is 0 Å². The quantitative estimate of drug-likeness (QED) is 0.899. The van der Waals surface area contributed by atoms with Crippen LogP contribution in [-0.4, -0.2) is 25.0 Å². The first kappa shape index (κ1) is 15.5. The number of hydrogen-bond donors (Lipinski definition) is 2. The smallest absolute Gasteiger partial charge is 0.127 e. The van der Waals surface area contributed by atoms with Gasteiger partial charge in [0.2, 0.25) is 0 Å². The Kier molecular flexibility index (Phi) is 4.30. The molecule has 0 radical (unpaired) electrons. The number of phenolic OH excluding ortho intramolecular Hbond substituents is 1. The summed E-state index contributed by atoms with van der Waals surface area (Å²) in [7, 11) is 3.24. The van der Waals surface area contributed by atoms with E-state index in [9.17, 15) is 5.11 Å². The van der Waals surface area contributed by atoms with E-state index in [1.165, 1.54) is 0 Å². The zero-order valence-electron chi connectivity index (χ0n) is 12.8. The van der Waals surface area contributed by atoms with Crippen LogP contribution in [0.4, 0.5) is 0 Å². The summed E-state index contributed by atoms with van der Waals surface area (Å²) in [6.45, 7) is 0. The van der Waals surface area contributed by atoms with E-state index in [0.717, 1.165) is 22.8 Å². The largest absolute Gasteiger partial charge is 0.507 e. The molecule has 0 saturated heterocycles. The summed E-state index contributed by atoms with van der Waals surface area (Å²) in [6.07, 6.45) is 0.622. The number of ether oxygens (including phenoxy) is 2. The van der Waals surface area contributed by atoms with Crippen LogP contribution in [-0.2, 0) is 0 Å². The number of halogens is 1. The lowest BCUT2D eigenvalue weighted by Gasteiger charge is -2.15. The Morgan fingerprint density at radius 1 is 1.17 bits per heavy atom. The van der Waals surface area contributed by atoms with E-state index < -0.39 is 0 Å². The molecule has 120 valence electrons. The SMILES string of the molecule is COc1ccc([C@@H]2CC(c3cc(Cl)ccc3O)=NN2)c(OC)c1. The number of nitrogens with one attached hydrogen (secondary N) is 1. The molecule has 1 aliphatic heterocycles. The number of methoxy groups -OCH3 is 2. The Balaban J connectivity index is 1.86. The first-order valence-corrected chi connectivity index (χ1v) is 7.53. The Labute approximate surface area is 139 Å². The third kappa shape index (κ3) is 3.05. The Morgan fingerprint density at radius 3 is 2.74 bits per heavy atom. The van der Waals surface area contributed by atoms with Gasteiger partial charge in [0, 0.05) is 28.6 Å². The molecule has 2 aromatic carbocycles. The number of rotatable bonds is 4. The van der Waals surface area contributed by atoms with E-state index in [0.29, 0.717) is 17.0 Å². The fraction of sp³-hybridized carbons (Fsp3) is 0.235. The van der Waals surface area contributed by atoms with Crippen molar-refractivity contribution in [2.75, 3.05) is 14.2 Å². The van der Waals surface area contributed by atoms with Gasteiger partial charge in [0.25, 0.3) is 0 Å². The van der Waals surface area contributed by atoms with Crippen molar-refractivity contribution < 1.29 is 14.6 Å². The average molecular weight is 333 g/mol. The van der Waals surface area contributed by atoms with Gasteiger partial charge in [-0.05, 0) is 30.3 Å². The first-order chi connectivity index (χ1) is 11.1. The van der Waals surface area contributed by atoms with E-state index in [4.69, 9.17) is 21.1 Å². The van der Waals surface area contributed by atoms with Gasteiger partial charge < -0.3 is 20.0 Å². The lowest BCUT2D eigenvalue weighted by molar-refractivity contribution is 0.386. The molecule has 0 unspecified atom stereocenters. The maximum Gasteiger partial charge on any atom is 0.127 e. The van der Waals surface area contributed by atoms with Crippen molar-refractivity contribution in [3.8, 4) is 17.2 Å². The minimum Gasteiger partial charge on any atom is -0.507 e. The van der Waals surface area contributed by atoms with Gasteiger partial charge in [-0.15, -0.1) is 0 Å². The third-order valence-electron chi connectivity index (χ3n) is 3.84. The molecule has 0 bridgehead atoms. The van der Waals surface area contributed by atoms with Crippen molar-refractivity contribution >= 4 is 17.3 Å². The van der Waals surface area contributed by atoms with Gasteiger partial charge in [0.15, 0.2) is 0 Å². The second-order valence-electron chi connectivity index (χ2n) is 5.21. The minimum absolute atomic E-state index is 0.0377. The van der Waals surface area contributed by atoms with Gasteiger partial charge >= 0.3 is 0 Å². The van der Waals surface area contributed by atoms with Gasteiger partial charge in [0.05, 0.1) is 26.0 Å². The van der Waals surface area contributed by atoms with Gasteiger partial charge in [-0.2, -0.15) is 5.10 Å². The molecule has 1 atom stereocenters. The summed E-state index contributed by atoms with van der Waals surface area (Å²) < 4.78 is 10.7. The predicted molar refractivity (Wildman–Crippen MR) is 89.7 cm³/mol. The zero-order chi connectivity index (χ0) is 16.4. The van der Waals surface area contributed by atoms with Crippen molar-refractivity contribution in [3.05, 3.63) is 52.5 Å². The molecule has 0 amide bonds. The maximum absolute atomic E-state index is 10.0. The van der Waals surface area contributed by atoms with E-state index >= 15 is 0 Å². The standard InChI is InChI=1S/C17H17ClN2O3/c1-22-11-4-5-12(17(8-11)23-2)14-9-15(20-19-14)13-7-10(18)3-6-16(13)21/h3-8,14,19,21H,9H2,1-2H3/t14-/m0/s1. The molecule has 23 heavy (non-hydrogen) atoms. The Morgan fingerprint density at radius 2 is 2.00 bits per heavy atom. The Hall–Kier alpha value is -2.40. The summed E-state index contributed by atoms with van der Waals surface area (Å²) >= 11 is 6.01. The molecule has 1 aliphatic rings. The third-order valence-corrected chi connectivity index (χ3v) is 4.07. The molecule has 0 aliphatic carbocycles. The maximum atomic E-state index is 10.0. The van der Waals surface area contributed by atoms with Crippen LogP contribution >= 0.6 is 11.6 Å². The average Bonchev–Trinajstić information content (AvgIpc) is 3.06. The molecule has 2 aromatic rings. The van der Waals surface area contributed by atoms with E-state index in [2.05, 4.69) is 10.5 Å². The second-order valence-corrected chi connectivity index (χ2v) is 5.65. The zero-order valence-corrected chi connectivity index (χ0v) is 13.6. The van der Waals surface area contributed by atoms with Crippen molar-refractivity contribution in [3.63, 3.8) is 0 Å². The molecule has 0 aromatic heterocycles. The molecule has 0 spiro atoms. The van der Waals surface area contributed by atoms with Gasteiger partial charge in [-0.1, -0.05) is 11.6 Å². The highest BCUT2D eigenvalue weighted by Gasteiger charge is 2.25. The summed E-state index contributed by atoms with van der Waals surface area (Å²) in [5.74, 6) is 1.63. The van der Waals surface area contributed by atoms with Crippen molar-refractivity contribution in [1.82, 2.24) is 5.43 Å². The number of phenols is 1. The summed E-state index contributed by atoms with van der Waals surface area (Å²) in [4.78, 5) is 0. The number of hydrogen-bond acceptors (Lipinski definition) is 5. The number of benzene rings is 2. The first-order valence-electron chi connectivity index (χ1n) is 7.15. The van der Waals surface area contributed by atoms with Crippen molar-refractivity contribution in [2.24, 2.45) is 5.10 Å². The highest BCUT2D eigenvalue weighted by Crippen LogP contribution is 2.35. The van der Waals surface area contributed by atoms with Crippen LogP contribution in [0.25, 0.3) is 0 Å². The van der Waals surface area contributed by atoms with Gasteiger partial charge in [0.1, 0.15) is 17.2 Å². The van der Waals surface area contributed by atoms with Crippen LogP contribution in [0.3, 0.4) is 0 Å². The highest BCUT2D eigenvalue weighted by molar-refractivity contribution is 6.31. The minimum atomic E-state index is -0.0377. The predicted octanol–water partition coefficient (Wildman–Crippen LogP) is 3.50. The van der Waals surface area contributed by atoms with Crippen molar-refractivity contribution in [1.29, 1.82) is 0 Å². The second kappa shape index (κ2) is 6.38. The Bertz CT molecular complexity index is 761. The van der Waals surface area contributed by atoms with E-state index in [-0.39, 0.29) is 11.8 Å². The van der Waals surface area contributed by atoms with Crippen LogP contribution in [0.15, 0.2) is 41.5 Å². The topological polar surface area (TPSA) is 63.1 Å². The van der Waals surface area contributed by atoms with Crippen LogP contribution in [0.2, 0.25) is 5.02 Å². The fourth-order valence-electron chi connectivity index (χ4n) is 2.64. The normalized spacial score (nSPS) is 16.7. The lowest BCUT2D eigenvalue weighted by atomic mass is 9.98. The fourth-order valence-corrected chi connectivity index (χ4v) is 2.81. The summed E-state index contributed by atoms with van der Waals surface area (Å²) in [5.41, 5.74) is 5.47. The lowest BCUT2D eigenvalue weighted by Crippen LogP contribution is -2.11. The molecular weight excluding hydrogens is 316 g/mol. The summed E-state index contributed by atoms with van der Waals surface area (Å²) in [6, 6.07) is 10.6. The van der Waals surface area contributed by atoms with E-state index in [1.807, 2.05) is 18.2 Å². The monoisotopic (exact) mass is 332 g/mol. The number of nitrogens with zero attached hydrogens (tertiary/aromatic N) is 1. The summed E-state index contributed by atoms with van der Waals surface area (Å²) in [5, 5.41) is 14.9. The highest BCUT2D eigenvalue weighted by atomic mass is 35.5. The van der Waals surface area contributed by atoms with Gasteiger partial charge in [-0.3, -0.25) is 0 Å². The number of hydrazone groups is 1.